The molecular weight excluding hydrogens is 470 g/mol. The molecule has 37 heavy (non-hydrogen) atoms. The van der Waals surface area contributed by atoms with Crippen LogP contribution in [0.25, 0.3) is 5.69 Å². The second-order valence-corrected chi connectivity index (χ2v) is 10.8. The molecule has 0 atom stereocenters. The van der Waals surface area contributed by atoms with Crippen LogP contribution in [0, 0.1) is 29.9 Å². The van der Waals surface area contributed by atoms with Crippen molar-refractivity contribution < 1.29 is 14.5 Å². The fraction of sp³-hybridized carbons (Fsp3) is 0.393. The molecule has 0 unspecified atom stereocenters. The van der Waals surface area contributed by atoms with E-state index in [0.717, 1.165) is 16.9 Å². The first-order chi connectivity index (χ1) is 17.3. The highest BCUT2D eigenvalue weighted by Gasteiger charge is 2.25. The van der Waals surface area contributed by atoms with Crippen LogP contribution in [0.3, 0.4) is 0 Å². The Morgan fingerprint density at radius 2 is 1.81 bits per heavy atom. The van der Waals surface area contributed by atoms with E-state index in [2.05, 4.69) is 5.32 Å². The molecule has 0 saturated carbocycles. The first kappa shape index (κ1) is 27.6. The van der Waals surface area contributed by atoms with Gasteiger partial charge in [-0.2, -0.15) is 5.10 Å². The summed E-state index contributed by atoms with van der Waals surface area (Å²) in [7, 11) is 0. The van der Waals surface area contributed by atoms with Crippen molar-refractivity contribution in [3.05, 3.63) is 81.0 Å². The molecule has 0 radical (unpaired) electrons. The van der Waals surface area contributed by atoms with Crippen molar-refractivity contribution in [3.63, 3.8) is 0 Å². The number of aryl methyl sites for hydroxylation is 2. The molecule has 9 nitrogen and oxygen atoms in total. The van der Waals surface area contributed by atoms with Crippen molar-refractivity contribution in [2.75, 3.05) is 18.4 Å². The van der Waals surface area contributed by atoms with Crippen LogP contribution in [0.15, 0.2) is 48.5 Å². The maximum Gasteiger partial charge on any atom is 0.273 e. The molecule has 1 N–H and O–H groups in total. The Labute approximate surface area is 217 Å². The predicted octanol–water partition coefficient (Wildman–Crippen LogP) is 5.43. The summed E-state index contributed by atoms with van der Waals surface area (Å²) in [5, 5.41) is 19.1. The molecule has 9 heteroatoms. The summed E-state index contributed by atoms with van der Waals surface area (Å²) in [5.74, 6) is -0.231. The summed E-state index contributed by atoms with van der Waals surface area (Å²) in [6, 6.07) is 14.0. The van der Waals surface area contributed by atoms with Gasteiger partial charge in [-0.25, -0.2) is 4.68 Å². The van der Waals surface area contributed by atoms with Crippen LogP contribution in [0.1, 0.15) is 61.8 Å². The molecule has 0 bridgehead atoms. The topological polar surface area (TPSA) is 110 Å². The van der Waals surface area contributed by atoms with Gasteiger partial charge in [0.2, 0.25) is 5.91 Å². The molecule has 1 aromatic heterocycles. The lowest BCUT2D eigenvalue weighted by Gasteiger charge is -2.24. The number of hydrogen-bond donors (Lipinski definition) is 1. The second kappa shape index (κ2) is 10.9. The zero-order chi connectivity index (χ0) is 27.5. The highest BCUT2D eigenvalue weighted by Crippen LogP contribution is 2.27. The Morgan fingerprint density at radius 1 is 1.11 bits per heavy atom. The van der Waals surface area contributed by atoms with Crippen molar-refractivity contribution in [2.45, 2.75) is 53.9 Å². The number of anilines is 1. The molecule has 0 spiro atoms. The number of aromatic nitrogens is 2. The Morgan fingerprint density at radius 3 is 2.41 bits per heavy atom. The minimum Gasteiger partial charge on any atom is -0.329 e. The average Bonchev–Trinajstić information content (AvgIpc) is 3.22. The molecule has 3 rings (SSSR count). The van der Waals surface area contributed by atoms with Gasteiger partial charge in [0, 0.05) is 35.2 Å². The van der Waals surface area contributed by atoms with Crippen molar-refractivity contribution in [3.8, 4) is 5.69 Å². The molecule has 196 valence electrons. The molecule has 0 fully saturated rings. The standard InChI is InChI=1S/C28H35N5O4/c1-18(2)16-31(27(35)21-12-11-20(4)23(14-21)33(36)37)17-26(34)29-25-15-24(28(5,6)7)30-32(25)22-10-8-9-19(3)13-22/h8-15,18H,16-17H2,1-7H3,(H,29,34). The largest absolute Gasteiger partial charge is 0.329 e. The van der Waals surface area contributed by atoms with E-state index in [1.807, 2.05) is 71.9 Å². The lowest BCUT2D eigenvalue weighted by atomic mass is 9.92. The van der Waals surface area contributed by atoms with Gasteiger partial charge < -0.3 is 10.2 Å². The summed E-state index contributed by atoms with van der Waals surface area (Å²) in [5.41, 5.74) is 2.95. The number of benzene rings is 2. The summed E-state index contributed by atoms with van der Waals surface area (Å²) >= 11 is 0. The molecule has 0 saturated heterocycles. The third-order valence-corrected chi connectivity index (χ3v) is 5.85. The van der Waals surface area contributed by atoms with Crippen molar-refractivity contribution in [1.29, 1.82) is 0 Å². The first-order valence-electron chi connectivity index (χ1n) is 12.3. The van der Waals surface area contributed by atoms with Gasteiger partial charge in [-0.15, -0.1) is 0 Å². The Kier molecular flexibility index (Phi) is 8.15. The van der Waals surface area contributed by atoms with Crippen molar-refractivity contribution >= 4 is 23.3 Å². The van der Waals surface area contributed by atoms with Crippen LogP contribution in [-0.2, 0) is 10.2 Å². The molecule has 2 amide bonds. The SMILES string of the molecule is Cc1cccc(-n2nc(C(C)(C)C)cc2NC(=O)CN(CC(C)C)C(=O)c2ccc(C)c([N+](=O)[O-])c2)c1. The van der Waals surface area contributed by atoms with E-state index >= 15 is 0 Å². The smallest absolute Gasteiger partial charge is 0.273 e. The summed E-state index contributed by atoms with van der Waals surface area (Å²) in [4.78, 5) is 38.8. The van der Waals surface area contributed by atoms with Crippen LogP contribution in [0.4, 0.5) is 11.5 Å². The van der Waals surface area contributed by atoms with E-state index in [4.69, 9.17) is 5.10 Å². The van der Waals surface area contributed by atoms with Gasteiger partial charge >= 0.3 is 0 Å². The number of carbonyl (C=O) groups is 2. The molecule has 3 aromatic rings. The van der Waals surface area contributed by atoms with E-state index in [1.165, 1.54) is 11.0 Å². The summed E-state index contributed by atoms with van der Waals surface area (Å²) < 4.78 is 1.70. The zero-order valence-corrected chi connectivity index (χ0v) is 22.5. The van der Waals surface area contributed by atoms with Crippen LogP contribution in [0.5, 0.6) is 0 Å². The minimum atomic E-state index is -0.509. The molecule has 0 aliphatic heterocycles. The summed E-state index contributed by atoms with van der Waals surface area (Å²) in [6.45, 7) is 13.7. The van der Waals surface area contributed by atoms with E-state index in [-0.39, 0.29) is 35.0 Å². The lowest BCUT2D eigenvalue weighted by Crippen LogP contribution is -2.40. The number of nitrogens with one attached hydrogen (secondary N) is 1. The first-order valence-corrected chi connectivity index (χ1v) is 12.3. The maximum atomic E-state index is 13.3. The number of nitrogens with zero attached hydrogens (tertiary/aromatic N) is 4. The Bertz CT molecular complexity index is 1320. The molecule has 0 aliphatic carbocycles. The Balaban J connectivity index is 1.90. The van der Waals surface area contributed by atoms with Gasteiger partial charge in [0.25, 0.3) is 11.6 Å². The van der Waals surface area contributed by atoms with Gasteiger partial charge in [-0.1, -0.05) is 52.8 Å². The van der Waals surface area contributed by atoms with Crippen molar-refractivity contribution in [1.82, 2.24) is 14.7 Å². The highest BCUT2D eigenvalue weighted by atomic mass is 16.6. The van der Waals surface area contributed by atoms with Gasteiger partial charge in [0.15, 0.2) is 0 Å². The van der Waals surface area contributed by atoms with E-state index in [9.17, 15) is 19.7 Å². The van der Waals surface area contributed by atoms with Gasteiger partial charge in [0.05, 0.1) is 16.3 Å². The van der Waals surface area contributed by atoms with Crippen LogP contribution < -0.4 is 5.32 Å². The third-order valence-electron chi connectivity index (χ3n) is 5.85. The fourth-order valence-electron chi connectivity index (χ4n) is 3.93. The number of nitro groups is 1. The monoisotopic (exact) mass is 505 g/mol. The van der Waals surface area contributed by atoms with Crippen LogP contribution in [0.2, 0.25) is 0 Å². The molecular formula is C28H35N5O4. The third kappa shape index (κ3) is 6.81. The number of carbonyl (C=O) groups excluding carboxylic acids is 2. The number of hydrogen-bond acceptors (Lipinski definition) is 5. The van der Waals surface area contributed by atoms with Crippen molar-refractivity contribution in [2.24, 2.45) is 5.92 Å². The lowest BCUT2D eigenvalue weighted by molar-refractivity contribution is -0.385. The normalized spacial score (nSPS) is 11.5. The molecule has 0 aliphatic rings. The van der Waals surface area contributed by atoms with E-state index < -0.39 is 10.8 Å². The fourth-order valence-corrected chi connectivity index (χ4v) is 3.93. The maximum absolute atomic E-state index is 13.3. The molecule has 2 aromatic carbocycles. The quantitative estimate of drug-likeness (QED) is 0.324. The predicted molar refractivity (Wildman–Crippen MR) is 144 cm³/mol. The van der Waals surface area contributed by atoms with E-state index in [1.54, 1.807) is 23.7 Å². The number of nitro benzene ring substituents is 1. The van der Waals surface area contributed by atoms with E-state index in [0.29, 0.717) is 17.9 Å². The zero-order valence-electron chi connectivity index (χ0n) is 22.5. The highest BCUT2D eigenvalue weighted by molar-refractivity contribution is 5.99. The van der Waals surface area contributed by atoms with Gasteiger partial charge in [0.1, 0.15) is 12.4 Å². The van der Waals surface area contributed by atoms with Gasteiger partial charge in [-0.05, 0) is 43.5 Å². The van der Waals surface area contributed by atoms with Crippen LogP contribution in [-0.4, -0.2) is 44.5 Å². The number of rotatable bonds is 8. The Hall–Kier alpha value is -4.01. The minimum absolute atomic E-state index is 0.0856. The second-order valence-electron chi connectivity index (χ2n) is 10.8. The summed E-state index contributed by atoms with van der Waals surface area (Å²) in [6.07, 6.45) is 0. The number of amides is 2. The average molecular weight is 506 g/mol. The van der Waals surface area contributed by atoms with Gasteiger partial charge in [-0.3, -0.25) is 19.7 Å². The molecule has 1 heterocycles. The van der Waals surface area contributed by atoms with Crippen LogP contribution >= 0.6 is 0 Å².